The van der Waals surface area contributed by atoms with Gasteiger partial charge < -0.3 is 0 Å². The van der Waals surface area contributed by atoms with E-state index < -0.39 is 5.67 Å². The van der Waals surface area contributed by atoms with Gasteiger partial charge in [0.15, 0.2) is 5.67 Å². The molecule has 0 aromatic carbocycles. The molecule has 0 N–H and O–H groups in total. The first-order valence-corrected chi connectivity index (χ1v) is 3.70. The minimum atomic E-state index is -1.37. The summed E-state index contributed by atoms with van der Waals surface area (Å²) in [7, 11) is 0. The van der Waals surface area contributed by atoms with Crippen molar-refractivity contribution < 1.29 is 4.39 Å². The van der Waals surface area contributed by atoms with Gasteiger partial charge in [0.05, 0.1) is 0 Å². The van der Waals surface area contributed by atoms with Gasteiger partial charge in [-0.1, -0.05) is 24.8 Å². The van der Waals surface area contributed by atoms with Crippen LogP contribution in [-0.2, 0) is 0 Å². The van der Waals surface area contributed by atoms with Gasteiger partial charge in [0, 0.05) is 0 Å². The molecule has 1 atom stereocenters. The lowest BCUT2D eigenvalue weighted by Gasteiger charge is -2.16. The van der Waals surface area contributed by atoms with E-state index in [9.17, 15) is 4.39 Å². The lowest BCUT2D eigenvalue weighted by Crippen LogP contribution is -2.15. The first-order valence-electron chi connectivity index (χ1n) is 3.70. The van der Waals surface area contributed by atoms with Gasteiger partial charge in [-0.3, -0.25) is 0 Å². The standard InChI is InChI=1S/C10H15F/c1-5-8-10(4,11)9(6-2)7-3/h5-8H,2H2,1,3-4H3/b8-5+,9-7+. The average Bonchev–Trinajstić information content (AvgIpc) is 1.89. The van der Waals surface area contributed by atoms with Crippen molar-refractivity contribution in [2.24, 2.45) is 0 Å². The molecule has 0 aliphatic heterocycles. The average molecular weight is 154 g/mol. The fourth-order valence-electron chi connectivity index (χ4n) is 1.01. The second-order valence-electron chi connectivity index (χ2n) is 2.52. The Morgan fingerprint density at radius 2 is 2.00 bits per heavy atom. The third-order valence-electron chi connectivity index (χ3n) is 1.58. The van der Waals surface area contributed by atoms with Crippen LogP contribution in [0, 0.1) is 0 Å². The van der Waals surface area contributed by atoms with Crippen LogP contribution in [0.1, 0.15) is 20.8 Å². The normalized spacial score (nSPS) is 18.4. The maximum atomic E-state index is 13.5. The molecule has 0 amide bonds. The van der Waals surface area contributed by atoms with Crippen LogP contribution in [-0.4, -0.2) is 5.67 Å². The summed E-state index contributed by atoms with van der Waals surface area (Å²) in [5, 5.41) is 0. The fourth-order valence-corrected chi connectivity index (χ4v) is 1.01. The van der Waals surface area contributed by atoms with Crippen LogP contribution in [0.2, 0.25) is 0 Å². The molecule has 1 unspecified atom stereocenters. The van der Waals surface area contributed by atoms with Gasteiger partial charge in [-0.25, -0.2) is 4.39 Å². The lowest BCUT2D eigenvalue weighted by atomic mass is 9.97. The topological polar surface area (TPSA) is 0 Å². The summed E-state index contributed by atoms with van der Waals surface area (Å²) >= 11 is 0. The van der Waals surface area contributed by atoms with Gasteiger partial charge in [0.1, 0.15) is 0 Å². The third kappa shape index (κ3) is 2.71. The van der Waals surface area contributed by atoms with Crippen LogP contribution >= 0.6 is 0 Å². The van der Waals surface area contributed by atoms with Gasteiger partial charge in [-0.15, -0.1) is 0 Å². The van der Waals surface area contributed by atoms with Crippen LogP contribution in [0.3, 0.4) is 0 Å². The Morgan fingerprint density at radius 1 is 1.45 bits per heavy atom. The Balaban J connectivity index is 4.65. The minimum Gasteiger partial charge on any atom is -0.234 e. The van der Waals surface area contributed by atoms with Gasteiger partial charge in [0.25, 0.3) is 0 Å². The van der Waals surface area contributed by atoms with Crippen molar-refractivity contribution in [3.05, 3.63) is 36.5 Å². The zero-order chi connectivity index (χ0) is 8.91. The molecule has 0 rings (SSSR count). The van der Waals surface area contributed by atoms with E-state index in [-0.39, 0.29) is 0 Å². The number of rotatable bonds is 3. The first-order chi connectivity index (χ1) is 5.08. The Kier molecular flexibility index (Phi) is 3.80. The molecule has 11 heavy (non-hydrogen) atoms. The molecule has 0 nitrogen and oxygen atoms in total. The predicted octanol–water partition coefficient (Wildman–Crippen LogP) is 3.42. The monoisotopic (exact) mass is 154 g/mol. The quantitative estimate of drug-likeness (QED) is 0.431. The summed E-state index contributed by atoms with van der Waals surface area (Å²) in [6.07, 6.45) is 6.49. The second-order valence-corrected chi connectivity index (χ2v) is 2.52. The van der Waals surface area contributed by atoms with E-state index in [0.717, 1.165) is 0 Å². The summed E-state index contributed by atoms with van der Waals surface area (Å²) in [6.45, 7) is 8.66. The maximum absolute atomic E-state index is 13.5. The highest BCUT2D eigenvalue weighted by Crippen LogP contribution is 2.23. The number of halogens is 1. The summed E-state index contributed by atoms with van der Waals surface area (Å²) in [5.41, 5.74) is -0.763. The van der Waals surface area contributed by atoms with Gasteiger partial charge in [0.2, 0.25) is 0 Å². The third-order valence-corrected chi connectivity index (χ3v) is 1.58. The highest BCUT2D eigenvalue weighted by atomic mass is 19.1. The van der Waals surface area contributed by atoms with Crippen LogP contribution in [0.15, 0.2) is 36.5 Å². The van der Waals surface area contributed by atoms with Gasteiger partial charge in [-0.2, -0.15) is 0 Å². The van der Waals surface area contributed by atoms with Crippen LogP contribution < -0.4 is 0 Å². The summed E-state index contributed by atoms with van der Waals surface area (Å²) in [4.78, 5) is 0. The zero-order valence-electron chi connectivity index (χ0n) is 7.39. The number of allylic oxidation sites excluding steroid dienone is 5. The second kappa shape index (κ2) is 4.12. The SMILES string of the molecule is C=C/C(=C\C)C(C)(F)/C=C/C. The van der Waals surface area contributed by atoms with Crippen LogP contribution in [0.25, 0.3) is 0 Å². The lowest BCUT2D eigenvalue weighted by molar-refractivity contribution is 0.314. The van der Waals surface area contributed by atoms with Crippen molar-refractivity contribution in [3.8, 4) is 0 Å². The van der Waals surface area contributed by atoms with Gasteiger partial charge in [-0.05, 0) is 32.4 Å². The number of hydrogen-bond donors (Lipinski definition) is 0. The molecule has 0 saturated carbocycles. The van der Waals surface area contributed by atoms with E-state index in [1.807, 2.05) is 0 Å². The van der Waals surface area contributed by atoms with E-state index in [1.54, 1.807) is 32.1 Å². The molecular formula is C10H15F. The largest absolute Gasteiger partial charge is 0.234 e. The Morgan fingerprint density at radius 3 is 2.27 bits per heavy atom. The maximum Gasteiger partial charge on any atom is 0.151 e. The van der Waals surface area contributed by atoms with Crippen molar-refractivity contribution in [3.63, 3.8) is 0 Å². The molecule has 0 aliphatic carbocycles. The summed E-state index contributed by atoms with van der Waals surface area (Å²) in [6, 6.07) is 0. The molecule has 0 fully saturated rings. The first kappa shape index (κ1) is 10.2. The van der Waals surface area contributed by atoms with Gasteiger partial charge >= 0.3 is 0 Å². The Hall–Kier alpha value is -0.850. The molecule has 0 aromatic heterocycles. The number of alkyl halides is 1. The molecule has 0 heterocycles. The van der Waals surface area contributed by atoms with E-state index in [2.05, 4.69) is 6.58 Å². The van der Waals surface area contributed by atoms with E-state index >= 15 is 0 Å². The molecular weight excluding hydrogens is 139 g/mol. The fraction of sp³-hybridized carbons (Fsp3) is 0.400. The molecule has 0 aromatic rings. The molecule has 1 heteroatoms. The van der Waals surface area contributed by atoms with Crippen molar-refractivity contribution in [1.29, 1.82) is 0 Å². The smallest absolute Gasteiger partial charge is 0.151 e. The molecule has 0 bridgehead atoms. The van der Waals surface area contributed by atoms with E-state index in [1.165, 1.54) is 13.0 Å². The Labute approximate surface area is 68.1 Å². The molecule has 0 aliphatic rings. The van der Waals surface area contributed by atoms with Crippen molar-refractivity contribution in [2.45, 2.75) is 26.4 Å². The molecule has 0 saturated heterocycles. The van der Waals surface area contributed by atoms with Crippen LogP contribution in [0.4, 0.5) is 4.39 Å². The Bertz CT molecular complexity index is 185. The summed E-state index contributed by atoms with van der Waals surface area (Å²) < 4.78 is 13.5. The minimum absolute atomic E-state index is 0.607. The highest BCUT2D eigenvalue weighted by Gasteiger charge is 2.21. The highest BCUT2D eigenvalue weighted by molar-refractivity contribution is 5.31. The number of hydrogen-bond acceptors (Lipinski definition) is 0. The molecule has 0 radical (unpaired) electrons. The zero-order valence-corrected chi connectivity index (χ0v) is 7.39. The molecule has 0 spiro atoms. The van der Waals surface area contributed by atoms with Crippen molar-refractivity contribution in [1.82, 2.24) is 0 Å². The summed E-state index contributed by atoms with van der Waals surface area (Å²) in [5.74, 6) is 0. The van der Waals surface area contributed by atoms with E-state index in [4.69, 9.17) is 0 Å². The van der Waals surface area contributed by atoms with Crippen molar-refractivity contribution in [2.75, 3.05) is 0 Å². The van der Waals surface area contributed by atoms with Crippen LogP contribution in [0.5, 0.6) is 0 Å². The predicted molar refractivity (Wildman–Crippen MR) is 48.3 cm³/mol. The van der Waals surface area contributed by atoms with Crippen molar-refractivity contribution >= 4 is 0 Å². The van der Waals surface area contributed by atoms with E-state index in [0.29, 0.717) is 5.57 Å². The molecule has 62 valence electrons.